The molecule has 0 radical (unpaired) electrons. The van der Waals surface area contributed by atoms with Crippen LogP contribution in [0.3, 0.4) is 0 Å². The second-order valence-electron chi connectivity index (χ2n) is 4.59. The Morgan fingerprint density at radius 3 is 3.06 bits per heavy atom. The van der Waals surface area contributed by atoms with Crippen molar-refractivity contribution in [1.29, 1.82) is 0 Å². The topological polar surface area (TPSA) is 44.1 Å². The maximum atomic E-state index is 12.0. The van der Waals surface area contributed by atoms with Gasteiger partial charge < -0.3 is 4.74 Å². The fourth-order valence-corrected chi connectivity index (χ4v) is 2.25. The normalized spacial score (nSPS) is 19.8. The average molecular weight is 236 g/mol. The van der Waals surface area contributed by atoms with Crippen molar-refractivity contribution in [2.75, 3.05) is 6.61 Å². The lowest BCUT2D eigenvalue weighted by Gasteiger charge is -2.07. The Morgan fingerprint density at radius 2 is 2.47 bits per heavy atom. The molecule has 1 aromatic rings. The molecule has 0 amide bonds. The van der Waals surface area contributed by atoms with Crippen LogP contribution >= 0.6 is 0 Å². The smallest absolute Gasteiger partial charge is 0.180 e. The average Bonchev–Trinajstić information content (AvgIpc) is 2.94. The van der Waals surface area contributed by atoms with Gasteiger partial charge in [-0.15, -0.1) is 0 Å². The highest BCUT2D eigenvalue weighted by atomic mass is 16.5. The Bertz CT molecular complexity index is 392. The van der Waals surface area contributed by atoms with E-state index in [9.17, 15) is 4.79 Å². The Kier molecular flexibility index (Phi) is 3.94. The summed E-state index contributed by atoms with van der Waals surface area (Å²) in [6.07, 6.45) is 4.78. The van der Waals surface area contributed by atoms with Gasteiger partial charge in [0.1, 0.15) is 5.69 Å². The van der Waals surface area contributed by atoms with Crippen molar-refractivity contribution in [2.45, 2.75) is 45.1 Å². The van der Waals surface area contributed by atoms with Crippen molar-refractivity contribution in [3.8, 4) is 0 Å². The number of hydrogen-bond donors (Lipinski definition) is 0. The van der Waals surface area contributed by atoms with Crippen molar-refractivity contribution < 1.29 is 9.53 Å². The third kappa shape index (κ3) is 2.94. The number of Topliss-reactive ketones (excluding diaryl/α,β-unsaturated/α-hetero) is 1. The Balaban J connectivity index is 1.91. The summed E-state index contributed by atoms with van der Waals surface area (Å²) < 4.78 is 7.21. The molecule has 0 aliphatic carbocycles. The molecule has 94 valence electrons. The number of nitrogens with zero attached hydrogens (tertiary/aromatic N) is 2. The van der Waals surface area contributed by atoms with Crippen LogP contribution in [0, 0.1) is 0 Å². The molecule has 1 unspecified atom stereocenters. The molecule has 4 heteroatoms. The van der Waals surface area contributed by atoms with Crippen LogP contribution in [-0.4, -0.2) is 28.3 Å². The van der Waals surface area contributed by atoms with Crippen LogP contribution in [-0.2, 0) is 18.2 Å². The summed E-state index contributed by atoms with van der Waals surface area (Å²) in [5, 5.41) is 4.29. The molecule has 0 aromatic carbocycles. The predicted molar refractivity (Wildman–Crippen MR) is 65.1 cm³/mol. The minimum atomic E-state index is 0.176. The highest BCUT2D eigenvalue weighted by molar-refractivity contribution is 5.94. The first-order chi connectivity index (χ1) is 8.20. The van der Waals surface area contributed by atoms with E-state index in [4.69, 9.17) is 4.74 Å². The SMILES string of the molecule is CCc1cc(C(=O)CCC2CCCO2)n(C)n1. The summed E-state index contributed by atoms with van der Waals surface area (Å²) >= 11 is 0. The first kappa shape index (κ1) is 12.3. The van der Waals surface area contributed by atoms with Gasteiger partial charge in [0, 0.05) is 20.1 Å². The lowest BCUT2D eigenvalue weighted by molar-refractivity contribution is 0.0853. The lowest BCUT2D eigenvalue weighted by atomic mass is 10.1. The van der Waals surface area contributed by atoms with E-state index in [2.05, 4.69) is 5.10 Å². The molecule has 1 aromatic heterocycles. The van der Waals surface area contributed by atoms with Crippen molar-refractivity contribution in [3.05, 3.63) is 17.5 Å². The molecule has 4 nitrogen and oxygen atoms in total. The third-order valence-corrected chi connectivity index (χ3v) is 3.30. The van der Waals surface area contributed by atoms with E-state index in [1.165, 1.54) is 0 Å². The van der Waals surface area contributed by atoms with Crippen LogP contribution in [0.4, 0.5) is 0 Å². The van der Waals surface area contributed by atoms with Gasteiger partial charge in [-0.1, -0.05) is 6.92 Å². The fraction of sp³-hybridized carbons (Fsp3) is 0.692. The summed E-state index contributed by atoms with van der Waals surface area (Å²) in [5.41, 5.74) is 1.70. The van der Waals surface area contributed by atoms with Crippen LogP contribution in [0.5, 0.6) is 0 Å². The zero-order valence-electron chi connectivity index (χ0n) is 10.6. The van der Waals surface area contributed by atoms with E-state index >= 15 is 0 Å². The van der Waals surface area contributed by atoms with E-state index < -0.39 is 0 Å². The zero-order valence-corrected chi connectivity index (χ0v) is 10.6. The lowest BCUT2D eigenvalue weighted by Crippen LogP contribution is -2.11. The fourth-order valence-electron chi connectivity index (χ4n) is 2.25. The summed E-state index contributed by atoms with van der Waals surface area (Å²) in [5.74, 6) is 0.176. The third-order valence-electron chi connectivity index (χ3n) is 3.30. The van der Waals surface area contributed by atoms with Gasteiger partial charge in [-0.05, 0) is 31.7 Å². The molecular formula is C13H20N2O2. The summed E-state index contributed by atoms with van der Waals surface area (Å²) in [6.45, 7) is 2.90. The number of aromatic nitrogens is 2. The zero-order chi connectivity index (χ0) is 12.3. The quantitative estimate of drug-likeness (QED) is 0.736. The second kappa shape index (κ2) is 5.45. The Hall–Kier alpha value is -1.16. The molecule has 0 saturated carbocycles. The molecule has 1 aliphatic rings. The van der Waals surface area contributed by atoms with E-state index in [-0.39, 0.29) is 11.9 Å². The number of aryl methyl sites for hydroxylation is 2. The second-order valence-corrected chi connectivity index (χ2v) is 4.59. The van der Waals surface area contributed by atoms with Gasteiger partial charge in [0.05, 0.1) is 11.8 Å². The Morgan fingerprint density at radius 1 is 1.65 bits per heavy atom. The van der Waals surface area contributed by atoms with Crippen molar-refractivity contribution in [3.63, 3.8) is 0 Å². The number of carbonyl (C=O) groups excluding carboxylic acids is 1. The minimum Gasteiger partial charge on any atom is -0.378 e. The number of ketones is 1. The minimum absolute atomic E-state index is 0.176. The summed E-state index contributed by atoms with van der Waals surface area (Å²) in [6, 6.07) is 1.90. The number of hydrogen-bond acceptors (Lipinski definition) is 3. The molecular weight excluding hydrogens is 216 g/mol. The van der Waals surface area contributed by atoms with Crippen LogP contribution < -0.4 is 0 Å². The number of rotatable bonds is 5. The molecule has 1 fully saturated rings. The van der Waals surface area contributed by atoms with E-state index in [0.717, 1.165) is 43.7 Å². The first-order valence-electron chi connectivity index (χ1n) is 6.38. The highest BCUT2D eigenvalue weighted by Crippen LogP contribution is 2.18. The van der Waals surface area contributed by atoms with Crippen LogP contribution in [0.2, 0.25) is 0 Å². The van der Waals surface area contributed by atoms with E-state index in [1.807, 2.05) is 20.0 Å². The Labute approximate surface area is 102 Å². The maximum Gasteiger partial charge on any atom is 0.180 e. The highest BCUT2D eigenvalue weighted by Gasteiger charge is 2.19. The van der Waals surface area contributed by atoms with E-state index in [1.54, 1.807) is 4.68 Å². The van der Waals surface area contributed by atoms with Gasteiger partial charge >= 0.3 is 0 Å². The molecule has 0 N–H and O–H groups in total. The number of ether oxygens (including phenoxy) is 1. The van der Waals surface area contributed by atoms with Gasteiger partial charge in [-0.25, -0.2) is 0 Å². The van der Waals surface area contributed by atoms with Crippen LogP contribution in [0.1, 0.15) is 48.8 Å². The molecule has 2 rings (SSSR count). The van der Waals surface area contributed by atoms with E-state index in [0.29, 0.717) is 6.42 Å². The van der Waals surface area contributed by atoms with Crippen LogP contribution in [0.15, 0.2) is 6.07 Å². The molecule has 1 saturated heterocycles. The monoisotopic (exact) mass is 236 g/mol. The first-order valence-corrected chi connectivity index (χ1v) is 6.38. The standard InChI is InChI=1S/C13H20N2O2/c1-3-10-9-12(15(2)14-10)13(16)7-6-11-5-4-8-17-11/h9,11H,3-8H2,1-2H3. The van der Waals surface area contributed by atoms with Gasteiger partial charge in [0.15, 0.2) is 5.78 Å². The predicted octanol–water partition coefficient (Wildman–Crippen LogP) is 2.12. The van der Waals surface area contributed by atoms with Crippen molar-refractivity contribution in [1.82, 2.24) is 9.78 Å². The molecule has 2 heterocycles. The molecule has 17 heavy (non-hydrogen) atoms. The van der Waals surface area contributed by atoms with Crippen LogP contribution in [0.25, 0.3) is 0 Å². The maximum absolute atomic E-state index is 12.0. The van der Waals surface area contributed by atoms with Gasteiger partial charge in [0.25, 0.3) is 0 Å². The van der Waals surface area contributed by atoms with Crippen molar-refractivity contribution in [2.24, 2.45) is 7.05 Å². The summed E-state index contributed by atoms with van der Waals surface area (Å²) in [7, 11) is 1.83. The van der Waals surface area contributed by atoms with Crippen molar-refractivity contribution >= 4 is 5.78 Å². The molecule has 1 atom stereocenters. The van der Waals surface area contributed by atoms with Gasteiger partial charge in [-0.2, -0.15) is 5.10 Å². The molecule has 1 aliphatic heterocycles. The molecule has 0 bridgehead atoms. The largest absolute Gasteiger partial charge is 0.378 e. The van der Waals surface area contributed by atoms with Gasteiger partial charge in [0.2, 0.25) is 0 Å². The van der Waals surface area contributed by atoms with Gasteiger partial charge in [-0.3, -0.25) is 9.48 Å². The summed E-state index contributed by atoms with van der Waals surface area (Å²) in [4.78, 5) is 12.0. The number of carbonyl (C=O) groups is 1. The molecule has 0 spiro atoms.